The molecular formula is C9H20O4. The lowest BCUT2D eigenvalue weighted by atomic mass is 9.91. The topological polar surface area (TPSA) is 80.9 Å². The minimum Gasteiger partial charge on any atom is -0.393 e. The van der Waals surface area contributed by atoms with Gasteiger partial charge in [-0.2, -0.15) is 0 Å². The van der Waals surface area contributed by atoms with Gasteiger partial charge in [0.25, 0.3) is 0 Å². The van der Waals surface area contributed by atoms with Gasteiger partial charge in [0.1, 0.15) is 0 Å². The van der Waals surface area contributed by atoms with Crippen LogP contribution in [0.2, 0.25) is 0 Å². The lowest BCUT2D eigenvalue weighted by Crippen LogP contribution is -2.40. The molecule has 0 heterocycles. The Hall–Kier alpha value is -0.160. The van der Waals surface area contributed by atoms with Crippen LogP contribution in [0.15, 0.2) is 0 Å². The van der Waals surface area contributed by atoms with Crippen molar-refractivity contribution < 1.29 is 20.4 Å². The summed E-state index contributed by atoms with van der Waals surface area (Å²) in [5, 5.41) is 37.1. The Morgan fingerprint density at radius 3 is 1.92 bits per heavy atom. The summed E-state index contributed by atoms with van der Waals surface area (Å²) in [5.41, 5.74) is -1.30. The SMILES string of the molecule is CC(O)CC(O)CC(C)(O)C(C)O. The third kappa shape index (κ3) is 5.21. The van der Waals surface area contributed by atoms with E-state index in [9.17, 15) is 10.2 Å². The molecule has 0 rings (SSSR count). The van der Waals surface area contributed by atoms with Gasteiger partial charge in [0.05, 0.1) is 23.9 Å². The summed E-state index contributed by atoms with van der Waals surface area (Å²) in [5.74, 6) is 0. The first kappa shape index (κ1) is 12.8. The van der Waals surface area contributed by atoms with E-state index in [1.54, 1.807) is 6.92 Å². The van der Waals surface area contributed by atoms with Crippen LogP contribution in [0, 0.1) is 0 Å². The summed E-state index contributed by atoms with van der Waals surface area (Å²) in [7, 11) is 0. The lowest BCUT2D eigenvalue weighted by molar-refractivity contribution is -0.0838. The molecule has 0 fully saturated rings. The van der Waals surface area contributed by atoms with E-state index in [-0.39, 0.29) is 12.8 Å². The van der Waals surface area contributed by atoms with Crippen LogP contribution in [-0.4, -0.2) is 44.3 Å². The van der Waals surface area contributed by atoms with Crippen LogP contribution in [0.25, 0.3) is 0 Å². The van der Waals surface area contributed by atoms with E-state index in [0.717, 1.165) is 0 Å². The summed E-state index contributed by atoms with van der Waals surface area (Å²) in [6.45, 7) is 4.50. The van der Waals surface area contributed by atoms with Crippen molar-refractivity contribution in [2.24, 2.45) is 0 Å². The van der Waals surface area contributed by atoms with E-state index in [1.165, 1.54) is 13.8 Å². The summed E-state index contributed by atoms with van der Waals surface area (Å²) >= 11 is 0. The van der Waals surface area contributed by atoms with Crippen molar-refractivity contribution in [3.8, 4) is 0 Å². The van der Waals surface area contributed by atoms with E-state index in [1.807, 2.05) is 0 Å². The van der Waals surface area contributed by atoms with Gasteiger partial charge >= 0.3 is 0 Å². The molecule has 4 atom stereocenters. The van der Waals surface area contributed by atoms with Gasteiger partial charge in [-0.05, 0) is 27.2 Å². The number of hydrogen-bond acceptors (Lipinski definition) is 4. The highest BCUT2D eigenvalue weighted by atomic mass is 16.3. The number of aliphatic hydroxyl groups is 4. The molecule has 0 aromatic heterocycles. The third-order valence-corrected chi connectivity index (χ3v) is 2.16. The van der Waals surface area contributed by atoms with E-state index < -0.39 is 23.9 Å². The van der Waals surface area contributed by atoms with E-state index in [0.29, 0.717) is 0 Å². The zero-order valence-electron chi connectivity index (χ0n) is 8.44. The minimum absolute atomic E-state index is 0.0650. The van der Waals surface area contributed by atoms with Crippen molar-refractivity contribution in [3.63, 3.8) is 0 Å². The molecule has 0 aromatic carbocycles. The zero-order valence-corrected chi connectivity index (χ0v) is 8.44. The van der Waals surface area contributed by atoms with Gasteiger partial charge in [-0.25, -0.2) is 0 Å². The van der Waals surface area contributed by atoms with Gasteiger partial charge in [-0.15, -0.1) is 0 Å². The predicted octanol–water partition coefficient (Wildman–Crippen LogP) is -0.360. The van der Waals surface area contributed by atoms with Crippen LogP contribution >= 0.6 is 0 Å². The quantitative estimate of drug-likeness (QED) is 0.479. The normalized spacial score (nSPS) is 23.3. The fourth-order valence-corrected chi connectivity index (χ4v) is 1.12. The summed E-state index contributed by atoms with van der Waals surface area (Å²) in [6, 6.07) is 0. The van der Waals surface area contributed by atoms with Crippen LogP contribution in [0.5, 0.6) is 0 Å². The Morgan fingerprint density at radius 1 is 1.15 bits per heavy atom. The van der Waals surface area contributed by atoms with Gasteiger partial charge in [0.15, 0.2) is 0 Å². The standard InChI is InChI=1S/C9H20O4/c1-6(10)4-8(12)5-9(3,13)7(2)11/h6-8,10-13H,4-5H2,1-3H3. The van der Waals surface area contributed by atoms with Gasteiger partial charge in [0.2, 0.25) is 0 Å². The minimum atomic E-state index is -1.30. The second-order valence-corrected chi connectivity index (χ2v) is 3.98. The molecule has 0 aliphatic heterocycles. The average molecular weight is 192 g/mol. The Balaban J connectivity index is 3.96. The molecule has 4 N–H and O–H groups in total. The van der Waals surface area contributed by atoms with Crippen molar-refractivity contribution in [3.05, 3.63) is 0 Å². The molecule has 0 radical (unpaired) electrons. The molecule has 4 unspecified atom stereocenters. The maximum atomic E-state index is 9.58. The molecule has 0 saturated carbocycles. The number of rotatable bonds is 5. The Kier molecular flexibility index (Phi) is 4.85. The van der Waals surface area contributed by atoms with Crippen LogP contribution < -0.4 is 0 Å². The highest BCUT2D eigenvalue weighted by Crippen LogP contribution is 2.18. The molecule has 0 spiro atoms. The molecule has 0 aliphatic rings. The molecule has 0 bridgehead atoms. The third-order valence-electron chi connectivity index (χ3n) is 2.16. The molecular weight excluding hydrogens is 172 g/mol. The second kappa shape index (κ2) is 4.91. The zero-order chi connectivity index (χ0) is 10.6. The molecule has 0 aromatic rings. The summed E-state index contributed by atoms with van der Waals surface area (Å²) in [6.07, 6.45) is -2.00. The van der Waals surface area contributed by atoms with Gasteiger partial charge in [-0.3, -0.25) is 0 Å². The van der Waals surface area contributed by atoms with Gasteiger partial charge in [0, 0.05) is 6.42 Å². The molecule has 0 saturated heterocycles. The average Bonchev–Trinajstić information content (AvgIpc) is 1.82. The highest BCUT2D eigenvalue weighted by Gasteiger charge is 2.29. The van der Waals surface area contributed by atoms with Crippen LogP contribution in [0.1, 0.15) is 33.6 Å². The van der Waals surface area contributed by atoms with Crippen molar-refractivity contribution in [2.45, 2.75) is 57.5 Å². The molecule has 0 aliphatic carbocycles. The monoisotopic (exact) mass is 192 g/mol. The summed E-state index contributed by atoms with van der Waals surface area (Å²) in [4.78, 5) is 0. The first-order chi connectivity index (χ1) is 5.75. The largest absolute Gasteiger partial charge is 0.393 e. The Morgan fingerprint density at radius 2 is 1.62 bits per heavy atom. The molecule has 4 nitrogen and oxygen atoms in total. The fraction of sp³-hybridized carbons (Fsp3) is 1.00. The van der Waals surface area contributed by atoms with Gasteiger partial charge in [-0.1, -0.05) is 0 Å². The number of hydrogen-bond donors (Lipinski definition) is 4. The van der Waals surface area contributed by atoms with Crippen molar-refractivity contribution in [1.82, 2.24) is 0 Å². The maximum absolute atomic E-state index is 9.58. The van der Waals surface area contributed by atoms with Crippen molar-refractivity contribution >= 4 is 0 Å². The van der Waals surface area contributed by atoms with Crippen LogP contribution in [0.4, 0.5) is 0 Å². The molecule has 4 heteroatoms. The Bertz CT molecular complexity index is 143. The predicted molar refractivity (Wildman–Crippen MR) is 49.2 cm³/mol. The molecule has 80 valence electrons. The first-order valence-electron chi connectivity index (χ1n) is 4.52. The smallest absolute Gasteiger partial charge is 0.0899 e. The van der Waals surface area contributed by atoms with Crippen LogP contribution in [0.3, 0.4) is 0 Å². The van der Waals surface area contributed by atoms with Crippen molar-refractivity contribution in [2.75, 3.05) is 0 Å². The second-order valence-electron chi connectivity index (χ2n) is 3.98. The highest BCUT2D eigenvalue weighted by molar-refractivity contribution is 4.82. The van der Waals surface area contributed by atoms with E-state index >= 15 is 0 Å². The molecule has 0 amide bonds. The number of aliphatic hydroxyl groups excluding tert-OH is 3. The molecule has 13 heavy (non-hydrogen) atoms. The summed E-state index contributed by atoms with van der Waals surface area (Å²) < 4.78 is 0. The van der Waals surface area contributed by atoms with E-state index in [2.05, 4.69) is 0 Å². The fourth-order valence-electron chi connectivity index (χ4n) is 1.12. The van der Waals surface area contributed by atoms with E-state index in [4.69, 9.17) is 10.2 Å². The van der Waals surface area contributed by atoms with Gasteiger partial charge < -0.3 is 20.4 Å². The van der Waals surface area contributed by atoms with Crippen molar-refractivity contribution in [1.29, 1.82) is 0 Å². The van der Waals surface area contributed by atoms with Crippen LogP contribution in [-0.2, 0) is 0 Å². The lowest BCUT2D eigenvalue weighted by Gasteiger charge is -2.29. The maximum Gasteiger partial charge on any atom is 0.0899 e. The Labute approximate surface area is 78.8 Å². The first-order valence-corrected chi connectivity index (χ1v) is 4.52.